The highest BCUT2D eigenvalue weighted by molar-refractivity contribution is 5.59. The molecule has 0 saturated heterocycles. The van der Waals surface area contributed by atoms with Crippen LogP contribution in [0.2, 0.25) is 0 Å². The van der Waals surface area contributed by atoms with Gasteiger partial charge in [0, 0.05) is 29.5 Å². The molecule has 1 aliphatic carbocycles. The molecule has 3 N–H and O–H groups in total. The predicted octanol–water partition coefficient (Wildman–Crippen LogP) is 3.90. The van der Waals surface area contributed by atoms with E-state index in [1.165, 1.54) is 12.8 Å². The summed E-state index contributed by atoms with van der Waals surface area (Å²) in [5.41, 5.74) is 7.79. The Morgan fingerprint density at radius 3 is 2.68 bits per heavy atom. The number of nitrogens with two attached hydrogens (primary N) is 1. The lowest BCUT2D eigenvalue weighted by atomic mass is 9.97. The number of hydrogen-bond donors (Lipinski definition) is 2. The number of hydrogen-bond acceptors (Lipinski definition) is 3. The summed E-state index contributed by atoms with van der Waals surface area (Å²) in [7, 11) is 0. The van der Waals surface area contributed by atoms with Gasteiger partial charge in [-0.2, -0.15) is 0 Å². The molecule has 1 aromatic carbocycles. The lowest BCUT2D eigenvalue weighted by molar-refractivity contribution is 0.317. The number of nitrogens with one attached hydrogen (secondary N) is 1. The Bertz CT molecular complexity index is 419. The molecule has 3 nitrogen and oxygen atoms in total. The SMILES string of the molecule is CCCOc1cc(N)cc(NC2CCC(C)C2C)c1. The topological polar surface area (TPSA) is 47.3 Å². The van der Waals surface area contributed by atoms with E-state index in [9.17, 15) is 0 Å². The first-order valence-electron chi connectivity index (χ1n) is 7.40. The van der Waals surface area contributed by atoms with E-state index in [1.54, 1.807) is 0 Å². The third kappa shape index (κ3) is 3.55. The van der Waals surface area contributed by atoms with E-state index in [0.717, 1.165) is 36.1 Å². The van der Waals surface area contributed by atoms with Gasteiger partial charge in [0.2, 0.25) is 0 Å². The molecule has 0 spiro atoms. The highest BCUT2D eigenvalue weighted by Gasteiger charge is 2.29. The molecule has 0 amide bonds. The van der Waals surface area contributed by atoms with Gasteiger partial charge in [-0.3, -0.25) is 0 Å². The Morgan fingerprint density at radius 2 is 2.05 bits per heavy atom. The Labute approximate surface area is 116 Å². The van der Waals surface area contributed by atoms with Crippen molar-refractivity contribution in [2.24, 2.45) is 11.8 Å². The summed E-state index contributed by atoms with van der Waals surface area (Å²) < 4.78 is 5.67. The van der Waals surface area contributed by atoms with Gasteiger partial charge in [-0.15, -0.1) is 0 Å². The fourth-order valence-electron chi connectivity index (χ4n) is 2.79. The quantitative estimate of drug-likeness (QED) is 0.791. The van der Waals surface area contributed by atoms with E-state index in [2.05, 4.69) is 32.2 Å². The number of benzene rings is 1. The van der Waals surface area contributed by atoms with Crippen molar-refractivity contribution in [2.45, 2.75) is 46.1 Å². The summed E-state index contributed by atoms with van der Waals surface area (Å²) in [6.45, 7) is 7.50. The summed E-state index contributed by atoms with van der Waals surface area (Å²) in [6.07, 6.45) is 3.55. The number of anilines is 2. The van der Waals surface area contributed by atoms with E-state index in [4.69, 9.17) is 10.5 Å². The Hall–Kier alpha value is -1.38. The molecule has 0 aromatic heterocycles. The van der Waals surface area contributed by atoms with E-state index < -0.39 is 0 Å². The molecule has 1 aromatic rings. The van der Waals surface area contributed by atoms with Gasteiger partial charge < -0.3 is 15.8 Å². The monoisotopic (exact) mass is 262 g/mol. The van der Waals surface area contributed by atoms with Gasteiger partial charge in [0.05, 0.1) is 6.61 Å². The van der Waals surface area contributed by atoms with Crippen molar-refractivity contribution < 1.29 is 4.74 Å². The molecule has 0 aliphatic heterocycles. The molecule has 0 radical (unpaired) electrons. The lowest BCUT2D eigenvalue weighted by Crippen LogP contribution is -2.24. The molecule has 0 bridgehead atoms. The van der Waals surface area contributed by atoms with E-state index >= 15 is 0 Å². The summed E-state index contributed by atoms with van der Waals surface area (Å²) in [5, 5.41) is 3.62. The van der Waals surface area contributed by atoms with Crippen LogP contribution in [0.15, 0.2) is 18.2 Å². The van der Waals surface area contributed by atoms with Crippen LogP contribution < -0.4 is 15.8 Å². The Balaban J connectivity index is 2.05. The van der Waals surface area contributed by atoms with Crippen LogP contribution >= 0.6 is 0 Å². The molecule has 3 heteroatoms. The van der Waals surface area contributed by atoms with Gasteiger partial charge in [-0.05, 0) is 37.2 Å². The molecule has 1 saturated carbocycles. The summed E-state index contributed by atoms with van der Waals surface area (Å²) in [5.74, 6) is 2.37. The second-order valence-corrected chi connectivity index (χ2v) is 5.80. The third-order valence-electron chi connectivity index (χ3n) is 4.22. The minimum absolute atomic E-state index is 0.552. The first kappa shape index (κ1) is 14.0. The zero-order valence-corrected chi connectivity index (χ0v) is 12.3. The van der Waals surface area contributed by atoms with Crippen LogP contribution in [0.5, 0.6) is 5.75 Å². The minimum atomic E-state index is 0.552. The molecule has 2 rings (SSSR count). The van der Waals surface area contributed by atoms with Gasteiger partial charge in [-0.25, -0.2) is 0 Å². The minimum Gasteiger partial charge on any atom is -0.493 e. The van der Waals surface area contributed by atoms with Gasteiger partial charge >= 0.3 is 0 Å². The molecule has 19 heavy (non-hydrogen) atoms. The van der Waals surface area contributed by atoms with Crippen LogP contribution in [0.25, 0.3) is 0 Å². The number of ether oxygens (including phenoxy) is 1. The maximum absolute atomic E-state index is 5.95. The maximum atomic E-state index is 5.95. The molecule has 3 atom stereocenters. The van der Waals surface area contributed by atoms with Crippen molar-refractivity contribution in [3.8, 4) is 5.75 Å². The van der Waals surface area contributed by atoms with Crippen LogP contribution in [0.4, 0.5) is 11.4 Å². The largest absolute Gasteiger partial charge is 0.493 e. The first-order valence-corrected chi connectivity index (χ1v) is 7.40. The van der Waals surface area contributed by atoms with Crippen molar-refractivity contribution in [3.63, 3.8) is 0 Å². The van der Waals surface area contributed by atoms with Crippen LogP contribution in [0.3, 0.4) is 0 Å². The molecular formula is C16H26N2O. The number of nitrogen functional groups attached to an aromatic ring is 1. The lowest BCUT2D eigenvalue weighted by Gasteiger charge is -2.21. The second-order valence-electron chi connectivity index (χ2n) is 5.80. The summed E-state index contributed by atoms with van der Waals surface area (Å²) >= 11 is 0. The second kappa shape index (κ2) is 6.18. The van der Waals surface area contributed by atoms with Crippen molar-refractivity contribution in [2.75, 3.05) is 17.7 Å². The van der Waals surface area contributed by atoms with Gasteiger partial charge in [-0.1, -0.05) is 20.8 Å². The zero-order chi connectivity index (χ0) is 13.8. The van der Waals surface area contributed by atoms with Crippen molar-refractivity contribution >= 4 is 11.4 Å². The molecule has 3 unspecified atom stereocenters. The fourth-order valence-corrected chi connectivity index (χ4v) is 2.79. The van der Waals surface area contributed by atoms with Gasteiger partial charge in [0.15, 0.2) is 0 Å². The average Bonchev–Trinajstić information content (AvgIpc) is 2.68. The molecule has 1 aliphatic rings. The van der Waals surface area contributed by atoms with Crippen LogP contribution in [-0.4, -0.2) is 12.6 Å². The van der Waals surface area contributed by atoms with E-state index in [-0.39, 0.29) is 0 Å². The summed E-state index contributed by atoms with van der Waals surface area (Å²) in [4.78, 5) is 0. The third-order valence-corrected chi connectivity index (χ3v) is 4.22. The Kier molecular flexibility index (Phi) is 4.56. The fraction of sp³-hybridized carbons (Fsp3) is 0.625. The normalized spacial score (nSPS) is 26.4. The molecular weight excluding hydrogens is 236 g/mol. The predicted molar refractivity (Wildman–Crippen MR) is 81.6 cm³/mol. The molecule has 1 fully saturated rings. The maximum Gasteiger partial charge on any atom is 0.123 e. The van der Waals surface area contributed by atoms with E-state index in [1.807, 2.05) is 12.1 Å². The highest BCUT2D eigenvalue weighted by atomic mass is 16.5. The summed E-state index contributed by atoms with van der Waals surface area (Å²) in [6, 6.07) is 6.49. The van der Waals surface area contributed by atoms with E-state index in [0.29, 0.717) is 12.0 Å². The Morgan fingerprint density at radius 1 is 1.26 bits per heavy atom. The number of rotatable bonds is 5. The van der Waals surface area contributed by atoms with Crippen LogP contribution in [-0.2, 0) is 0 Å². The zero-order valence-electron chi connectivity index (χ0n) is 12.3. The van der Waals surface area contributed by atoms with Crippen molar-refractivity contribution in [1.82, 2.24) is 0 Å². The van der Waals surface area contributed by atoms with Gasteiger partial charge in [0.25, 0.3) is 0 Å². The van der Waals surface area contributed by atoms with Crippen molar-refractivity contribution in [1.29, 1.82) is 0 Å². The van der Waals surface area contributed by atoms with Crippen molar-refractivity contribution in [3.05, 3.63) is 18.2 Å². The average molecular weight is 262 g/mol. The van der Waals surface area contributed by atoms with Crippen LogP contribution in [0, 0.1) is 11.8 Å². The van der Waals surface area contributed by atoms with Crippen LogP contribution in [0.1, 0.15) is 40.0 Å². The standard InChI is InChI=1S/C16H26N2O/c1-4-7-19-15-9-13(17)8-14(10-15)18-16-6-5-11(2)12(16)3/h8-12,16,18H,4-7,17H2,1-3H3. The molecule has 0 heterocycles. The molecule has 106 valence electrons. The highest BCUT2D eigenvalue weighted by Crippen LogP contribution is 2.34. The van der Waals surface area contributed by atoms with Gasteiger partial charge in [0.1, 0.15) is 5.75 Å². The first-order chi connectivity index (χ1) is 9.10. The smallest absolute Gasteiger partial charge is 0.123 e.